The molecule has 0 atom stereocenters. The third kappa shape index (κ3) is 3.67. The van der Waals surface area contributed by atoms with E-state index < -0.39 is 16.6 Å². The maximum atomic E-state index is 12.3. The molecule has 0 spiro atoms. The van der Waals surface area contributed by atoms with Gasteiger partial charge in [-0.3, -0.25) is 10.1 Å². The lowest BCUT2D eigenvalue weighted by Gasteiger charge is -2.19. The van der Waals surface area contributed by atoms with Crippen LogP contribution in [0.25, 0.3) is 11.0 Å². The Balaban J connectivity index is 2.57. The van der Waals surface area contributed by atoms with Crippen LogP contribution in [0, 0.1) is 16.0 Å². The summed E-state index contributed by atoms with van der Waals surface area (Å²) >= 11 is 0. The zero-order valence-electron chi connectivity index (χ0n) is 14.0. The minimum Gasteiger partial charge on any atom is -0.443 e. The van der Waals surface area contributed by atoms with Crippen LogP contribution in [0.1, 0.15) is 40.2 Å². The molecule has 0 aliphatic heterocycles. The first kappa shape index (κ1) is 16.9. The number of imidazole rings is 1. The molecule has 0 aliphatic carbocycles. The van der Waals surface area contributed by atoms with E-state index in [1.165, 1.54) is 23.0 Å². The van der Waals surface area contributed by atoms with Gasteiger partial charge in [0.2, 0.25) is 0 Å². The molecule has 0 saturated carbocycles. The number of nitro benzene ring substituents is 1. The van der Waals surface area contributed by atoms with Crippen molar-refractivity contribution >= 4 is 22.8 Å². The van der Waals surface area contributed by atoms with E-state index in [9.17, 15) is 14.9 Å². The molecule has 0 radical (unpaired) electrons. The first-order chi connectivity index (χ1) is 10.6. The summed E-state index contributed by atoms with van der Waals surface area (Å²) in [6.07, 6.45) is 1.31. The van der Waals surface area contributed by atoms with Crippen LogP contribution in [0.5, 0.6) is 0 Å². The summed E-state index contributed by atoms with van der Waals surface area (Å²) in [6.45, 7) is 9.29. The molecule has 1 heterocycles. The maximum Gasteiger partial charge on any atom is 0.420 e. The highest BCUT2D eigenvalue weighted by Gasteiger charge is 2.24. The number of nitro groups is 1. The van der Waals surface area contributed by atoms with E-state index in [2.05, 4.69) is 4.98 Å². The molecule has 0 amide bonds. The fraction of sp³-hybridized carbons (Fsp3) is 0.500. The summed E-state index contributed by atoms with van der Waals surface area (Å²) < 4.78 is 6.62. The van der Waals surface area contributed by atoms with E-state index >= 15 is 0 Å². The molecule has 0 N–H and O–H groups in total. The fourth-order valence-electron chi connectivity index (χ4n) is 2.37. The molecule has 1 aromatic heterocycles. The molecular weight excluding hydrogens is 298 g/mol. The Hall–Kier alpha value is -2.44. The minimum atomic E-state index is -0.630. The van der Waals surface area contributed by atoms with Crippen molar-refractivity contribution in [2.45, 2.75) is 46.6 Å². The van der Waals surface area contributed by atoms with Crippen LogP contribution in [0.4, 0.5) is 10.5 Å². The van der Waals surface area contributed by atoms with Gasteiger partial charge >= 0.3 is 6.09 Å². The molecule has 0 saturated heterocycles. The largest absolute Gasteiger partial charge is 0.443 e. The molecule has 1 aromatic carbocycles. The first-order valence-electron chi connectivity index (χ1n) is 7.47. The first-order valence-corrected chi connectivity index (χ1v) is 7.47. The maximum absolute atomic E-state index is 12.3. The van der Waals surface area contributed by atoms with Crippen molar-refractivity contribution in [2.75, 3.05) is 0 Å². The summed E-state index contributed by atoms with van der Waals surface area (Å²) in [4.78, 5) is 27.3. The molecule has 2 aromatic rings. The van der Waals surface area contributed by atoms with Gasteiger partial charge in [-0.25, -0.2) is 14.3 Å². The van der Waals surface area contributed by atoms with Crippen molar-refractivity contribution in [1.82, 2.24) is 9.55 Å². The third-order valence-electron chi connectivity index (χ3n) is 3.20. The van der Waals surface area contributed by atoms with Crippen molar-refractivity contribution in [3.05, 3.63) is 34.1 Å². The van der Waals surface area contributed by atoms with Crippen LogP contribution in [-0.2, 0) is 11.2 Å². The van der Waals surface area contributed by atoms with E-state index in [1.807, 2.05) is 13.8 Å². The Kier molecular flexibility index (Phi) is 4.40. The number of nitrogens with zero attached hydrogens (tertiary/aromatic N) is 3. The van der Waals surface area contributed by atoms with Gasteiger partial charge in [0.25, 0.3) is 5.69 Å². The number of hydrogen-bond acceptors (Lipinski definition) is 5. The van der Waals surface area contributed by atoms with Gasteiger partial charge < -0.3 is 4.74 Å². The quantitative estimate of drug-likeness (QED) is 0.632. The van der Waals surface area contributed by atoms with Crippen molar-refractivity contribution < 1.29 is 14.5 Å². The van der Waals surface area contributed by atoms with Crippen molar-refractivity contribution in [1.29, 1.82) is 0 Å². The van der Waals surface area contributed by atoms with Gasteiger partial charge in [0.1, 0.15) is 11.9 Å². The topological polar surface area (TPSA) is 87.3 Å². The zero-order valence-corrected chi connectivity index (χ0v) is 14.0. The molecule has 2 rings (SSSR count). The van der Waals surface area contributed by atoms with Gasteiger partial charge in [-0.15, -0.1) is 0 Å². The van der Waals surface area contributed by atoms with Crippen LogP contribution in [0.15, 0.2) is 18.5 Å². The van der Waals surface area contributed by atoms with Crippen molar-refractivity contribution in [2.24, 2.45) is 5.92 Å². The summed E-state index contributed by atoms with van der Waals surface area (Å²) in [5.74, 6) is 0.228. The number of ether oxygens (including phenoxy) is 1. The number of hydrogen-bond donors (Lipinski definition) is 0. The highest BCUT2D eigenvalue weighted by molar-refractivity contribution is 5.90. The standard InChI is InChI=1S/C16H21N3O4/c1-10(2)8-11-12(19(21)22)6-7-13-14(11)17-9-18(13)15(20)23-16(3,4)5/h6-7,9-10H,8H2,1-5H3. The monoisotopic (exact) mass is 319 g/mol. The molecular formula is C16H21N3O4. The number of rotatable bonds is 3. The second-order valence-electron chi connectivity index (χ2n) is 6.88. The number of carbonyl (C=O) groups excluding carboxylic acids is 1. The van der Waals surface area contributed by atoms with Crippen LogP contribution in [-0.4, -0.2) is 26.2 Å². The van der Waals surface area contributed by atoms with E-state index in [4.69, 9.17) is 4.74 Å². The van der Waals surface area contributed by atoms with Crippen molar-refractivity contribution in [3.63, 3.8) is 0 Å². The number of fused-ring (bicyclic) bond motifs is 1. The SMILES string of the molecule is CC(C)Cc1c([N+](=O)[O-])ccc2c1ncn2C(=O)OC(C)(C)C. The lowest BCUT2D eigenvalue weighted by molar-refractivity contribution is -0.385. The van der Waals surface area contributed by atoms with Gasteiger partial charge in [-0.05, 0) is 39.2 Å². The minimum absolute atomic E-state index is 0.0284. The Morgan fingerprint density at radius 3 is 2.57 bits per heavy atom. The number of benzene rings is 1. The molecule has 23 heavy (non-hydrogen) atoms. The van der Waals surface area contributed by atoms with E-state index in [0.717, 1.165) is 0 Å². The molecule has 0 aliphatic rings. The van der Waals surface area contributed by atoms with E-state index in [-0.39, 0.29) is 11.6 Å². The second-order valence-corrected chi connectivity index (χ2v) is 6.88. The molecule has 0 unspecified atom stereocenters. The Bertz CT molecular complexity index is 757. The van der Waals surface area contributed by atoms with Gasteiger partial charge in [0.15, 0.2) is 0 Å². The highest BCUT2D eigenvalue weighted by Crippen LogP contribution is 2.29. The van der Waals surface area contributed by atoms with Crippen LogP contribution in [0.2, 0.25) is 0 Å². The highest BCUT2D eigenvalue weighted by atomic mass is 16.6. The van der Waals surface area contributed by atoms with Crippen molar-refractivity contribution in [3.8, 4) is 0 Å². The van der Waals surface area contributed by atoms with Crippen LogP contribution in [0.3, 0.4) is 0 Å². The van der Waals surface area contributed by atoms with Crippen LogP contribution >= 0.6 is 0 Å². The third-order valence-corrected chi connectivity index (χ3v) is 3.20. The predicted molar refractivity (Wildman–Crippen MR) is 86.6 cm³/mol. The van der Waals surface area contributed by atoms with Gasteiger partial charge in [0.05, 0.1) is 21.5 Å². The summed E-state index contributed by atoms with van der Waals surface area (Å²) in [5.41, 5.74) is 0.930. The summed E-state index contributed by atoms with van der Waals surface area (Å²) in [5, 5.41) is 11.3. The molecule has 124 valence electrons. The molecule has 7 heteroatoms. The smallest absolute Gasteiger partial charge is 0.420 e. The average Bonchev–Trinajstić information content (AvgIpc) is 2.80. The predicted octanol–water partition coefficient (Wildman–Crippen LogP) is 3.93. The fourth-order valence-corrected chi connectivity index (χ4v) is 2.37. The molecule has 0 bridgehead atoms. The molecule has 7 nitrogen and oxygen atoms in total. The lowest BCUT2D eigenvalue weighted by Crippen LogP contribution is -2.26. The van der Waals surface area contributed by atoms with Gasteiger partial charge in [-0.2, -0.15) is 0 Å². The Morgan fingerprint density at radius 1 is 1.39 bits per heavy atom. The average molecular weight is 319 g/mol. The normalized spacial score (nSPS) is 11.9. The second kappa shape index (κ2) is 5.98. The van der Waals surface area contributed by atoms with Gasteiger partial charge in [-0.1, -0.05) is 13.8 Å². The summed E-state index contributed by atoms with van der Waals surface area (Å²) in [7, 11) is 0. The summed E-state index contributed by atoms with van der Waals surface area (Å²) in [6, 6.07) is 2.96. The molecule has 0 fully saturated rings. The van der Waals surface area contributed by atoms with Gasteiger partial charge in [0, 0.05) is 6.07 Å². The zero-order chi connectivity index (χ0) is 17.4. The van der Waals surface area contributed by atoms with E-state index in [0.29, 0.717) is 23.0 Å². The number of carbonyl (C=O) groups is 1. The van der Waals surface area contributed by atoms with Crippen LogP contribution < -0.4 is 0 Å². The van der Waals surface area contributed by atoms with E-state index in [1.54, 1.807) is 20.8 Å². The lowest BCUT2D eigenvalue weighted by atomic mass is 10.00. The number of aromatic nitrogens is 2. The Labute approximate surface area is 134 Å². The Morgan fingerprint density at radius 2 is 2.04 bits per heavy atom.